The number of ether oxygens (including phenoxy) is 1. The molecule has 0 aromatic heterocycles. The van der Waals surface area contributed by atoms with Crippen LogP contribution in [-0.2, 0) is 4.74 Å². The van der Waals surface area contributed by atoms with Crippen LogP contribution in [-0.4, -0.2) is 12.2 Å². The van der Waals surface area contributed by atoms with E-state index in [4.69, 9.17) is 4.74 Å². The van der Waals surface area contributed by atoms with Gasteiger partial charge in [0.15, 0.2) is 0 Å². The molecular formula is C9H18O. The molecule has 0 aliphatic carbocycles. The molecule has 1 heterocycles. The van der Waals surface area contributed by atoms with Crippen molar-refractivity contribution in [2.45, 2.75) is 46.3 Å². The van der Waals surface area contributed by atoms with Gasteiger partial charge in [-0.25, -0.2) is 0 Å². The minimum Gasteiger partial charge on any atom is -0.375 e. The van der Waals surface area contributed by atoms with Crippen molar-refractivity contribution in [2.24, 2.45) is 11.8 Å². The second-order valence-electron chi connectivity index (χ2n) is 3.74. The lowest BCUT2D eigenvalue weighted by Gasteiger charge is -2.35. The molecule has 0 unspecified atom stereocenters. The molecule has 1 aliphatic heterocycles. The molecule has 0 radical (unpaired) electrons. The van der Waals surface area contributed by atoms with Crippen LogP contribution in [0.5, 0.6) is 0 Å². The van der Waals surface area contributed by atoms with Gasteiger partial charge in [0.05, 0.1) is 12.2 Å². The highest BCUT2D eigenvalue weighted by Crippen LogP contribution is 2.28. The summed E-state index contributed by atoms with van der Waals surface area (Å²) in [6.07, 6.45) is 2.25. The fourth-order valence-corrected chi connectivity index (χ4v) is 1.58. The van der Waals surface area contributed by atoms with Crippen molar-refractivity contribution in [1.82, 2.24) is 0 Å². The Bertz CT molecular complexity index is 85.3. The van der Waals surface area contributed by atoms with E-state index in [9.17, 15) is 0 Å². The van der Waals surface area contributed by atoms with Crippen molar-refractivity contribution in [3.05, 3.63) is 0 Å². The third kappa shape index (κ3) is 1.51. The molecule has 1 rings (SSSR count). The van der Waals surface area contributed by atoms with E-state index >= 15 is 0 Å². The molecule has 0 N–H and O–H groups in total. The van der Waals surface area contributed by atoms with Gasteiger partial charge in [0.2, 0.25) is 0 Å². The Morgan fingerprint density at radius 2 is 1.30 bits per heavy atom. The predicted molar refractivity (Wildman–Crippen MR) is 43.0 cm³/mol. The van der Waals surface area contributed by atoms with Crippen molar-refractivity contribution < 1.29 is 4.74 Å². The molecule has 10 heavy (non-hydrogen) atoms. The van der Waals surface area contributed by atoms with Gasteiger partial charge in [-0.05, 0) is 32.1 Å². The smallest absolute Gasteiger partial charge is 0.0576 e. The molecule has 0 spiro atoms. The fraction of sp³-hybridized carbons (Fsp3) is 1.00. The second-order valence-corrected chi connectivity index (χ2v) is 3.74. The van der Waals surface area contributed by atoms with Crippen LogP contribution in [0.4, 0.5) is 0 Å². The Kier molecular flexibility index (Phi) is 2.35. The Morgan fingerprint density at radius 3 is 1.60 bits per heavy atom. The maximum absolute atomic E-state index is 5.71. The van der Waals surface area contributed by atoms with E-state index in [1.165, 1.54) is 6.42 Å². The minimum atomic E-state index is 0.464. The molecule has 1 aliphatic rings. The summed E-state index contributed by atoms with van der Waals surface area (Å²) in [5, 5.41) is 0. The normalized spacial score (nSPS) is 49.2. The maximum Gasteiger partial charge on any atom is 0.0576 e. The van der Waals surface area contributed by atoms with Crippen molar-refractivity contribution in [2.75, 3.05) is 0 Å². The molecule has 0 aromatic rings. The first-order valence-corrected chi connectivity index (χ1v) is 4.26. The van der Waals surface area contributed by atoms with Crippen LogP contribution in [0.1, 0.15) is 34.1 Å². The molecule has 0 saturated carbocycles. The van der Waals surface area contributed by atoms with E-state index in [-0.39, 0.29) is 0 Å². The van der Waals surface area contributed by atoms with Gasteiger partial charge in [-0.2, -0.15) is 0 Å². The number of rotatable bonds is 0. The van der Waals surface area contributed by atoms with Gasteiger partial charge in [-0.1, -0.05) is 13.8 Å². The van der Waals surface area contributed by atoms with Gasteiger partial charge in [0.1, 0.15) is 0 Å². The zero-order valence-corrected chi connectivity index (χ0v) is 7.42. The molecule has 1 fully saturated rings. The van der Waals surface area contributed by atoms with Gasteiger partial charge in [0, 0.05) is 0 Å². The van der Waals surface area contributed by atoms with Gasteiger partial charge in [-0.3, -0.25) is 0 Å². The van der Waals surface area contributed by atoms with Gasteiger partial charge < -0.3 is 4.74 Å². The summed E-state index contributed by atoms with van der Waals surface area (Å²) in [5.41, 5.74) is 0. The van der Waals surface area contributed by atoms with Crippen LogP contribution < -0.4 is 0 Å². The largest absolute Gasteiger partial charge is 0.375 e. The van der Waals surface area contributed by atoms with E-state index in [2.05, 4.69) is 27.7 Å². The van der Waals surface area contributed by atoms with E-state index in [0.29, 0.717) is 12.2 Å². The monoisotopic (exact) mass is 142 g/mol. The van der Waals surface area contributed by atoms with Crippen molar-refractivity contribution in [1.29, 1.82) is 0 Å². The SMILES string of the molecule is C[C@@H]1C[C@@H](C)[C@H](C)O[C@H]1C. The lowest BCUT2D eigenvalue weighted by Crippen LogP contribution is -2.35. The van der Waals surface area contributed by atoms with E-state index < -0.39 is 0 Å². The molecule has 4 atom stereocenters. The van der Waals surface area contributed by atoms with Crippen LogP contribution in [0.3, 0.4) is 0 Å². The summed E-state index contributed by atoms with van der Waals surface area (Å²) in [6, 6.07) is 0. The second kappa shape index (κ2) is 2.91. The standard InChI is InChI=1S/C9H18O/c1-6-5-7(2)9(4)10-8(6)3/h6-9H,5H2,1-4H3/t6-,7-,8+,9+/m1/s1. The highest BCUT2D eigenvalue weighted by molar-refractivity contribution is 4.75. The first-order chi connectivity index (χ1) is 4.61. The molecule has 1 saturated heterocycles. The fourth-order valence-electron chi connectivity index (χ4n) is 1.58. The average Bonchev–Trinajstić information content (AvgIpc) is 1.84. The van der Waals surface area contributed by atoms with Crippen LogP contribution in [0.2, 0.25) is 0 Å². The summed E-state index contributed by atoms with van der Waals surface area (Å²) in [5.74, 6) is 1.48. The topological polar surface area (TPSA) is 9.23 Å². The van der Waals surface area contributed by atoms with Crippen LogP contribution in [0.15, 0.2) is 0 Å². The third-order valence-electron chi connectivity index (χ3n) is 2.78. The first-order valence-electron chi connectivity index (χ1n) is 4.26. The predicted octanol–water partition coefficient (Wildman–Crippen LogP) is 2.46. The Morgan fingerprint density at radius 1 is 0.900 bits per heavy atom. The lowest BCUT2D eigenvalue weighted by atomic mass is 9.87. The highest BCUT2D eigenvalue weighted by atomic mass is 16.5. The Labute approximate surface area is 63.8 Å². The Hall–Kier alpha value is -0.0400. The van der Waals surface area contributed by atoms with Crippen molar-refractivity contribution in [3.63, 3.8) is 0 Å². The quantitative estimate of drug-likeness (QED) is 0.505. The molecular weight excluding hydrogens is 124 g/mol. The molecule has 60 valence electrons. The summed E-state index contributed by atoms with van der Waals surface area (Å²) in [4.78, 5) is 0. The molecule has 0 bridgehead atoms. The number of hydrogen-bond acceptors (Lipinski definition) is 1. The van der Waals surface area contributed by atoms with Crippen molar-refractivity contribution >= 4 is 0 Å². The number of hydrogen-bond donors (Lipinski definition) is 0. The summed E-state index contributed by atoms with van der Waals surface area (Å²) in [7, 11) is 0. The van der Waals surface area contributed by atoms with Gasteiger partial charge in [0.25, 0.3) is 0 Å². The zero-order chi connectivity index (χ0) is 7.72. The zero-order valence-electron chi connectivity index (χ0n) is 7.42. The molecule has 1 heteroatoms. The minimum absolute atomic E-state index is 0.464. The lowest BCUT2D eigenvalue weighted by molar-refractivity contribution is -0.0885. The maximum atomic E-state index is 5.71. The highest BCUT2D eigenvalue weighted by Gasteiger charge is 2.27. The molecule has 0 amide bonds. The summed E-state index contributed by atoms with van der Waals surface area (Å²) >= 11 is 0. The van der Waals surface area contributed by atoms with E-state index in [0.717, 1.165) is 11.8 Å². The third-order valence-corrected chi connectivity index (χ3v) is 2.78. The molecule has 0 aromatic carbocycles. The van der Waals surface area contributed by atoms with Crippen LogP contribution in [0, 0.1) is 11.8 Å². The molecule has 1 nitrogen and oxygen atoms in total. The van der Waals surface area contributed by atoms with E-state index in [1.54, 1.807) is 0 Å². The summed E-state index contributed by atoms with van der Waals surface area (Å²) < 4.78 is 5.71. The van der Waals surface area contributed by atoms with Gasteiger partial charge in [-0.15, -0.1) is 0 Å². The van der Waals surface area contributed by atoms with Gasteiger partial charge >= 0.3 is 0 Å². The Balaban J connectivity index is 2.46. The summed E-state index contributed by atoms with van der Waals surface area (Å²) in [6.45, 7) is 8.89. The van der Waals surface area contributed by atoms with E-state index in [1.807, 2.05) is 0 Å². The average molecular weight is 142 g/mol. The van der Waals surface area contributed by atoms with Crippen LogP contribution in [0.25, 0.3) is 0 Å². The van der Waals surface area contributed by atoms with Crippen LogP contribution >= 0.6 is 0 Å². The first kappa shape index (κ1) is 8.06. The van der Waals surface area contributed by atoms with Crippen molar-refractivity contribution in [3.8, 4) is 0 Å².